The van der Waals surface area contributed by atoms with E-state index in [1.54, 1.807) is 24.4 Å². The number of benzene rings is 2. The molecule has 0 bridgehead atoms. The molecule has 2 atom stereocenters. The van der Waals surface area contributed by atoms with E-state index in [2.05, 4.69) is 10.2 Å². The molecule has 0 spiro atoms. The Morgan fingerprint density at radius 3 is 2.69 bits per heavy atom. The molecule has 11 heteroatoms. The van der Waals surface area contributed by atoms with Crippen molar-refractivity contribution in [2.75, 3.05) is 13.7 Å². The molecule has 0 amide bonds. The van der Waals surface area contributed by atoms with Crippen LogP contribution in [0.5, 0.6) is 11.5 Å². The van der Waals surface area contributed by atoms with Crippen molar-refractivity contribution in [2.24, 2.45) is 0 Å². The number of carbonyl (C=O) groups is 1. The highest BCUT2D eigenvalue weighted by atomic mass is 32.2. The van der Waals surface area contributed by atoms with Gasteiger partial charge in [-0.2, -0.15) is 18.3 Å². The van der Waals surface area contributed by atoms with Crippen LogP contribution in [0.1, 0.15) is 40.2 Å². The first kappa shape index (κ1) is 26.1. The molecule has 3 N–H and O–H groups in total. The van der Waals surface area contributed by atoms with Crippen molar-refractivity contribution in [1.29, 1.82) is 0 Å². The van der Waals surface area contributed by atoms with Gasteiger partial charge in [0.2, 0.25) is 0 Å². The summed E-state index contributed by atoms with van der Waals surface area (Å²) >= 11 is 1.15. The van der Waals surface area contributed by atoms with Crippen LogP contribution in [0.2, 0.25) is 0 Å². The van der Waals surface area contributed by atoms with Crippen molar-refractivity contribution < 1.29 is 37.7 Å². The summed E-state index contributed by atoms with van der Waals surface area (Å²) in [5.41, 5.74) is 1.19. The number of aliphatic hydroxyl groups excluding tert-OH is 2. The number of aromatic amines is 1. The van der Waals surface area contributed by atoms with Crippen LogP contribution in [0.4, 0.5) is 13.2 Å². The summed E-state index contributed by atoms with van der Waals surface area (Å²) in [6.45, 7) is -0.888. The third-order valence-electron chi connectivity index (χ3n) is 5.96. The Kier molecular flexibility index (Phi) is 7.91. The molecule has 1 aromatic heterocycles. The van der Waals surface area contributed by atoms with E-state index in [-0.39, 0.29) is 40.9 Å². The van der Waals surface area contributed by atoms with Gasteiger partial charge in [-0.25, -0.2) is 0 Å². The molecule has 2 heterocycles. The van der Waals surface area contributed by atoms with Crippen LogP contribution in [-0.2, 0) is 30.4 Å². The van der Waals surface area contributed by atoms with Gasteiger partial charge in [-0.05, 0) is 53.4 Å². The van der Waals surface area contributed by atoms with Gasteiger partial charge in [-0.1, -0.05) is 18.2 Å². The average molecular weight is 523 g/mol. The molecule has 0 unspecified atom stereocenters. The highest BCUT2D eigenvalue weighted by Gasteiger charge is 2.34. The Morgan fingerprint density at radius 2 is 1.97 bits per heavy atom. The summed E-state index contributed by atoms with van der Waals surface area (Å²) in [6.07, 6.45) is -3.18. The number of nitrogens with zero attached hydrogens (tertiary/aromatic N) is 1. The maximum absolute atomic E-state index is 13.7. The highest BCUT2D eigenvalue weighted by molar-refractivity contribution is 8.13. The number of thioether (sulfide) groups is 1. The summed E-state index contributed by atoms with van der Waals surface area (Å²) in [7, 11) is 1.45. The van der Waals surface area contributed by atoms with E-state index in [4.69, 9.17) is 14.6 Å². The zero-order valence-corrected chi connectivity index (χ0v) is 20.2. The fourth-order valence-corrected chi connectivity index (χ4v) is 5.13. The number of aromatic nitrogens is 2. The fraction of sp³-hybridized carbons (Fsp3) is 0.360. The maximum Gasteiger partial charge on any atom is 0.416 e. The molecule has 0 aliphatic carbocycles. The molecule has 4 rings (SSSR count). The molecule has 0 saturated heterocycles. The topological polar surface area (TPSA) is 105 Å². The molecule has 192 valence electrons. The zero-order valence-electron chi connectivity index (χ0n) is 19.3. The van der Waals surface area contributed by atoms with Crippen molar-refractivity contribution in [1.82, 2.24) is 10.2 Å². The van der Waals surface area contributed by atoms with E-state index in [1.165, 1.54) is 19.2 Å². The van der Waals surface area contributed by atoms with Crippen molar-refractivity contribution in [3.8, 4) is 11.5 Å². The SMILES string of the molecule is COc1cc(C[C@@H]2CC(=O)Sc3[nH]ncc32)ccc1OCc1ccc(C[C@@H](O)CO)cc1C(F)(F)F. The zero-order chi connectivity index (χ0) is 25.9. The van der Waals surface area contributed by atoms with E-state index in [0.717, 1.165) is 34.0 Å². The van der Waals surface area contributed by atoms with Crippen LogP contribution in [0.25, 0.3) is 0 Å². The van der Waals surface area contributed by atoms with E-state index >= 15 is 0 Å². The molecule has 1 aliphatic rings. The molecule has 0 radical (unpaired) electrons. The fourth-order valence-electron chi connectivity index (χ4n) is 4.18. The number of hydrogen-bond donors (Lipinski definition) is 3. The molecule has 2 aromatic carbocycles. The Bertz CT molecular complexity index is 1230. The standard InChI is InChI=1S/C25H25F3N2O5S/c1-34-22-9-14(6-17-10-23(33)36-24-19(17)11-29-30-24)3-5-21(22)35-13-16-4-2-15(7-18(32)12-31)8-20(16)25(26,27)28/h2-5,8-9,11,17-18,31-32H,6-7,10,12-13H2,1H3,(H,29,30)/t17-,18-/m1/s1. The predicted octanol–water partition coefficient (Wildman–Crippen LogP) is 4.26. The summed E-state index contributed by atoms with van der Waals surface area (Å²) in [5.74, 6) is 0.613. The number of aliphatic hydroxyl groups is 2. The van der Waals surface area contributed by atoms with Crippen LogP contribution in [-0.4, -0.2) is 45.3 Å². The third kappa shape index (κ3) is 6.03. The van der Waals surface area contributed by atoms with Gasteiger partial charge in [0.15, 0.2) is 16.6 Å². The minimum absolute atomic E-state index is 0.0406. The first-order chi connectivity index (χ1) is 17.2. The Labute approximate surface area is 209 Å². The second-order valence-corrected chi connectivity index (χ2v) is 9.61. The molecule has 1 aliphatic heterocycles. The molecule has 7 nitrogen and oxygen atoms in total. The number of carbonyl (C=O) groups excluding carboxylic acids is 1. The average Bonchev–Trinajstić information content (AvgIpc) is 3.31. The number of rotatable bonds is 9. The second-order valence-electron chi connectivity index (χ2n) is 8.54. The van der Waals surface area contributed by atoms with Crippen LogP contribution >= 0.6 is 11.8 Å². The van der Waals surface area contributed by atoms with E-state index in [1.807, 2.05) is 0 Å². The molecule has 0 saturated carbocycles. The first-order valence-electron chi connectivity index (χ1n) is 11.2. The van der Waals surface area contributed by atoms with Gasteiger partial charge in [0, 0.05) is 24.0 Å². The predicted molar refractivity (Wildman–Crippen MR) is 126 cm³/mol. The lowest BCUT2D eigenvalue weighted by Gasteiger charge is -2.21. The maximum atomic E-state index is 13.7. The summed E-state index contributed by atoms with van der Waals surface area (Å²) in [4.78, 5) is 12.1. The number of alkyl halides is 3. The van der Waals surface area contributed by atoms with Crippen molar-refractivity contribution in [2.45, 2.75) is 49.1 Å². The lowest BCUT2D eigenvalue weighted by molar-refractivity contribution is -0.138. The number of nitrogens with one attached hydrogen (secondary N) is 1. The van der Waals surface area contributed by atoms with Crippen LogP contribution in [0, 0.1) is 0 Å². The summed E-state index contributed by atoms with van der Waals surface area (Å²) < 4.78 is 52.2. The largest absolute Gasteiger partial charge is 0.493 e. The van der Waals surface area contributed by atoms with Crippen LogP contribution in [0.15, 0.2) is 47.6 Å². The summed E-state index contributed by atoms with van der Waals surface area (Å²) in [5, 5.41) is 26.2. The Morgan fingerprint density at radius 1 is 1.19 bits per heavy atom. The number of hydrogen-bond acceptors (Lipinski definition) is 7. The minimum atomic E-state index is -4.62. The quantitative estimate of drug-likeness (QED) is 0.386. The van der Waals surface area contributed by atoms with E-state index < -0.39 is 24.5 Å². The smallest absolute Gasteiger partial charge is 0.416 e. The third-order valence-corrected chi connectivity index (χ3v) is 6.88. The van der Waals surface area contributed by atoms with Gasteiger partial charge in [0.05, 0.1) is 31.6 Å². The molecule has 36 heavy (non-hydrogen) atoms. The Hall–Kier alpha value is -3.02. The van der Waals surface area contributed by atoms with Gasteiger partial charge in [0.25, 0.3) is 0 Å². The highest BCUT2D eigenvalue weighted by Crippen LogP contribution is 2.40. The van der Waals surface area contributed by atoms with Crippen molar-refractivity contribution in [3.05, 3.63) is 70.4 Å². The summed E-state index contributed by atoms with van der Waals surface area (Å²) in [6, 6.07) is 8.94. The molecular formula is C25H25F3N2O5S. The second kappa shape index (κ2) is 10.9. The van der Waals surface area contributed by atoms with Gasteiger partial charge in [-0.15, -0.1) is 0 Å². The number of ether oxygens (including phenoxy) is 2. The first-order valence-corrected chi connectivity index (χ1v) is 12.0. The van der Waals surface area contributed by atoms with Crippen molar-refractivity contribution in [3.63, 3.8) is 0 Å². The van der Waals surface area contributed by atoms with E-state index in [0.29, 0.717) is 18.6 Å². The van der Waals surface area contributed by atoms with Crippen LogP contribution < -0.4 is 9.47 Å². The molecule has 0 fully saturated rings. The minimum Gasteiger partial charge on any atom is -0.493 e. The Balaban J connectivity index is 1.50. The normalized spacial score (nSPS) is 16.5. The van der Waals surface area contributed by atoms with Gasteiger partial charge >= 0.3 is 6.18 Å². The van der Waals surface area contributed by atoms with Crippen LogP contribution in [0.3, 0.4) is 0 Å². The number of methoxy groups -OCH3 is 1. The van der Waals surface area contributed by atoms with Crippen molar-refractivity contribution >= 4 is 16.9 Å². The molecular weight excluding hydrogens is 497 g/mol. The number of halogens is 3. The van der Waals surface area contributed by atoms with Gasteiger partial charge in [-0.3, -0.25) is 9.89 Å². The lowest BCUT2D eigenvalue weighted by atomic mass is 9.91. The van der Waals surface area contributed by atoms with E-state index in [9.17, 15) is 23.1 Å². The number of H-pyrrole nitrogens is 1. The van der Waals surface area contributed by atoms with Gasteiger partial charge in [0.1, 0.15) is 11.6 Å². The molecule has 3 aromatic rings. The number of fused-ring (bicyclic) bond motifs is 1. The monoisotopic (exact) mass is 522 g/mol. The lowest BCUT2D eigenvalue weighted by Crippen LogP contribution is -2.17. The van der Waals surface area contributed by atoms with Gasteiger partial charge < -0.3 is 19.7 Å².